The minimum absolute atomic E-state index is 0.0738. The first-order valence-corrected chi connectivity index (χ1v) is 8.61. The van der Waals surface area contributed by atoms with Crippen LogP contribution < -0.4 is 9.64 Å². The van der Waals surface area contributed by atoms with Crippen LogP contribution in [-0.2, 0) is 6.42 Å². The Morgan fingerprint density at radius 3 is 2.96 bits per heavy atom. The lowest BCUT2D eigenvalue weighted by Gasteiger charge is -2.30. The number of nitrogens with zero attached hydrogens (tertiary/aromatic N) is 1. The van der Waals surface area contributed by atoms with Crippen molar-refractivity contribution in [2.45, 2.75) is 19.8 Å². The van der Waals surface area contributed by atoms with Crippen molar-refractivity contribution in [3.63, 3.8) is 0 Å². The van der Waals surface area contributed by atoms with Crippen molar-refractivity contribution in [2.75, 3.05) is 24.6 Å². The fourth-order valence-corrected chi connectivity index (χ4v) is 3.60. The number of Topliss-reactive ketones (excluding diaryl/α,β-unsaturated/α-hetero) is 1. The lowest BCUT2D eigenvalue weighted by Crippen LogP contribution is -2.28. The van der Waals surface area contributed by atoms with Crippen LogP contribution in [0, 0.1) is 0 Å². The number of para-hydroxylation sites is 1. The van der Waals surface area contributed by atoms with Crippen LogP contribution in [0.15, 0.2) is 48.0 Å². The number of anilines is 1. The molecular weight excluding hydrogens is 298 g/mol. The molecule has 2 aliphatic rings. The van der Waals surface area contributed by atoms with Crippen molar-refractivity contribution < 1.29 is 9.53 Å². The third kappa shape index (κ3) is 2.60. The first kappa shape index (κ1) is 15.0. The van der Waals surface area contributed by atoms with E-state index in [-0.39, 0.29) is 5.78 Å². The van der Waals surface area contributed by atoms with Gasteiger partial charge in [0.2, 0.25) is 0 Å². The van der Waals surface area contributed by atoms with Crippen molar-refractivity contribution >= 4 is 17.5 Å². The molecule has 0 aliphatic carbocycles. The van der Waals surface area contributed by atoms with E-state index in [1.54, 1.807) is 0 Å². The van der Waals surface area contributed by atoms with Gasteiger partial charge >= 0.3 is 0 Å². The molecule has 0 N–H and O–H groups in total. The summed E-state index contributed by atoms with van der Waals surface area (Å²) in [6, 6.07) is 14.0. The Morgan fingerprint density at radius 1 is 1.21 bits per heavy atom. The van der Waals surface area contributed by atoms with Gasteiger partial charge < -0.3 is 9.64 Å². The first-order chi connectivity index (χ1) is 11.8. The summed E-state index contributed by atoms with van der Waals surface area (Å²) >= 11 is 0. The highest BCUT2D eigenvalue weighted by atomic mass is 16.5. The molecule has 0 saturated carbocycles. The summed E-state index contributed by atoms with van der Waals surface area (Å²) in [6.45, 7) is 4.71. The van der Waals surface area contributed by atoms with Gasteiger partial charge in [0.05, 0.1) is 5.56 Å². The number of rotatable bonds is 2. The molecular formula is C21H21NO2. The number of hydrogen-bond donors (Lipinski definition) is 0. The maximum absolute atomic E-state index is 12.7. The summed E-state index contributed by atoms with van der Waals surface area (Å²) in [5.74, 6) is 0.758. The summed E-state index contributed by atoms with van der Waals surface area (Å²) in [5, 5.41) is 0. The van der Waals surface area contributed by atoms with E-state index in [1.165, 1.54) is 17.7 Å². The SMILES string of the molecule is CCN1CCCc2cc(/C=C3\COc4ccccc4C3=O)ccc21. The van der Waals surface area contributed by atoms with Crippen LogP contribution >= 0.6 is 0 Å². The highest BCUT2D eigenvalue weighted by Crippen LogP contribution is 2.30. The predicted octanol–water partition coefficient (Wildman–Crippen LogP) is 4.12. The number of ether oxygens (including phenoxy) is 1. The molecule has 2 aromatic carbocycles. The normalized spacial score (nSPS) is 18.1. The number of benzene rings is 2. The lowest BCUT2D eigenvalue weighted by molar-refractivity contribution is 0.100. The van der Waals surface area contributed by atoms with E-state index >= 15 is 0 Å². The molecule has 3 nitrogen and oxygen atoms in total. The van der Waals surface area contributed by atoms with E-state index in [9.17, 15) is 4.79 Å². The molecule has 4 rings (SSSR count). The summed E-state index contributed by atoms with van der Waals surface area (Å²) in [6.07, 6.45) is 4.27. The van der Waals surface area contributed by atoms with Crippen LogP contribution in [0.25, 0.3) is 6.08 Å². The van der Waals surface area contributed by atoms with Crippen LogP contribution in [0.2, 0.25) is 0 Å². The van der Waals surface area contributed by atoms with E-state index in [0.29, 0.717) is 17.9 Å². The van der Waals surface area contributed by atoms with Gasteiger partial charge in [0.1, 0.15) is 12.4 Å². The fraction of sp³-hybridized carbons (Fsp3) is 0.286. The third-order valence-electron chi connectivity index (χ3n) is 4.85. The summed E-state index contributed by atoms with van der Waals surface area (Å²) in [5.41, 5.74) is 5.17. The van der Waals surface area contributed by atoms with E-state index in [4.69, 9.17) is 4.74 Å². The molecule has 2 heterocycles. The zero-order valence-corrected chi connectivity index (χ0v) is 13.9. The molecule has 122 valence electrons. The maximum atomic E-state index is 12.7. The Bertz CT molecular complexity index is 822. The Hall–Kier alpha value is -2.55. The number of carbonyl (C=O) groups is 1. The van der Waals surface area contributed by atoms with Gasteiger partial charge in [-0.15, -0.1) is 0 Å². The number of hydrogen-bond acceptors (Lipinski definition) is 3. The van der Waals surface area contributed by atoms with Crippen LogP contribution in [0.3, 0.4) is 0 Å². The van der Waals surface area contributed by atoms with E-state index in [0.717, 1.165) is 30.6 Å². The minimum atomic E-state index is 0.0738. The van der Waals surface area contributed by atoms with Crippen molar-refractivity contribution in [1.82, 2.24) is 0 Å². The highest BCUT2D eigenvalue weighted by Gasteiger charge is 2.23. The van der Waals surface area contributed by atoms with Gasteiger partial charge in [0.25, 0.3) is 0 Å². The Morgan fingerprint density at radius 2 is 2.08 bits per heavy atom. The fourth-order valence-electron chi connectivity index (χ4n) is 3.60. The minimum Gasteiger partial charge on any atom is -0.488 e. The Balaban J connectivity index is 1.66. The van der Waals surface area contributed by atoms with Gasteiger partial charge in [-0.3, -0.25) is 4.79 Å². The van der Waals surface area contributed by atoms with Crippen molar-refractivity contribution in [3.05, 3.63) is 64.7 Å². The van der Waals surface area contributed by atoms with Gasteiger partial charge in [-0.25, -0.2) is 0 Å². The Kier molecular flexibility index (Phi) is 3.85. The topological polar surface area (TPSA) is 29.5 Å². The molecule has 0 amide bonds. The molecule has 3 heteroatoms. The number of ketones is 1. The number of fused-ring (bicyclic) bond motifs is 2. The second kappa shape index (κ2) is 6.16. The van der Waals surface area contributed by atoms with Crippen LogP contribution in [0.5, 0.6) is 5.75 Å². The largest absolute Gasteiger partial charge is 0.488 e. The first-order valence-electron chi connectivity index (χ1n) is 8.61. The third-order valence-corrected chi connectivity index (χ3v) is 4.85. The van der Waals surface area contributed by atoms with Crippen LogP contribution in [0.1, 0.15) is 34.8 Å². The molecule has 0 atom stereocenters. The van der Waals surface area contributed by atoms with Gasteiger partial charge in [0, 0.05) is 24.4 Å². The van der Waals surface area contributed by atoms with E-state index in [2.05, 4.69) is 30.0 Å². The molecule has 0 fully saturated rings. The molecule has 2 aromatic rings. The van der Waals surface area contributed by atoms with E-state index in [1.807, 2.05) is 30.3 Å². The lowest BCUT2D eigenvalue weighted by atomic mass is 9.95. The zero-order chi connectivity index (χ0) is 16.5. The zero-order valence-electron chi connectivity index (χ0n) is 13.9. The van der Waals surface area contributed by atoms with Crippen LogP contribution in [0.4, 0.5) is 5.69 Å². The quantitative estimate of drug-likeness (QED) is 0.780. The monoisotopic (exact) mass is 319 g/mol. The molecule has 0 unspecified atom stereocenters. The maximum Gasteiger partial charge on any atom is 0.196 e. The molecule has 0 bridgehead atoms. The van der Waals surface area contributed by atoms with Gasteiger partial charge in [-0.2, -0.15) is 0 Å². The van der Waals surface area contributed by atoms with Gasteiger partial charge in [0.15, 0.2) is 5.78 Å². The van der Waals surface area contributed by atoms with Gasteiger partial charge in [-0.05, 0) is 61.2 Å². The molecule has 0 aromatic heterocycles. The molecule has 0 spiro atoms. The standard InChI is InChI=1S/C21H21NO2/c1-2-22-11-5-6-16-12-15(9-10-19(16)22)13-17-14-24-20-8-4-3-7-18(20)21(17)23/h3-4,7-10,12-13H,2,5-6,11,14H2,1H3/b17-13+. The van der Waals surface area contributed by atoms with Crippen molar-refractivity contribution in [2.24, 2.45) is 0 Å². The molecule has 0 saturated heterocycles. The average Bonchev–Trinajstić information content (AvgIpc) is 2.63. The average molecular weight is 319 g/mol. The molecule has 0 radical (unpaired) electrons. The summed E-state index contributed by atoms with van der Waals surface area (Å²) in [7, 11) is 0. The van der Waals surface area contributed by atoms with Crippen molar-refractivity contribution in [3.8, 4) is 5.75 Å². The molecule has 2 aliphatic heterocycles. The summed E-state index contributed by atoms with van der Waals surface area (Å²) < 4.78 is 5.73. The second-order valence-electron chi connectivity index (χ2n) is 6.35. The smallest absolute Gasteiger partial charge is 0.196 e. The predicted molar refractivity (Wildman–Crippen MR) is 96.9 cm³/mol. The summed E-state index contributed by atoms with van der Waals surface area (Å²) in [4.78, 5) is 15.1. The number of aryl methyl sites for hydroxylation is 1. The number of carbonyl (C=O) groups excluding carboxylic acids is 1. The van der Waals surface area contributed by atoms with Crippen molar-refractivity contribution in [1.29, 1.82) is 0 Å². The van der Waals surface area contributed by atoms with E-state index < -0.39 is 0 Å². The van der Waals surface area contributed by atoms with Crippen LogP contribution in [-0.4, -0.2) is 25.5 Å². The highest BCUT2D eigenvalue weighted by molar-refractivity contribution is 6.14. The Labute approximate surface area is 142 Å². The second-order valence-corrected chi connectivity index (χ2v) is 6.35. The van der Waals surface area contributed by atoms with Gasteiger partial charge in [-0.1, -0.05) is 18.2 Å². The molecule has 24 heavy (non-hydrogen) atoms.